The van der Waals surface area contributed by atoms with Crippen LogP contribution in [0.3, 0.4) is 0 Å². The molecule has 2 aromatic rings. The van der Waals surface area contributed by atoms with Crippen LogP contribution in [-0.2, 0) is 6.54 Å². The Morgan fingerprint density at radius 3 is 3.00 bits per heavy atom. The van der Waals surface area contributed by atoms with E-state index in [1.54, 1.807) is 0 Å². The molecule has 2 heteroatoms. The molecule has 0 radical (unpaired) electrons. The summed E-state index contributed by atoms with van der Waals surface area (Å²) in [6, 6.07) is 10.6. The molecular formula is C15H18N2. The molecule has 2 nitrogen and oxygen atoms in total. The molecule has 1 aromatic carbocycles. The fourth-order valence-electron chi connectivity index (χ4n) is 2.35. The van der Waals surface area contributed by atoms with Gasteiger partial charge in [0.15, 0.2) is 0 Å². The van der Waals surface area contributed by atoms with Crippen molar-refractivity contribution in [3.05, 3.63) is 42.1 Å². The fraction of sp³-hybridized carbons (Fsp3) is 0.400. The summed E-state index contributed by atoms with van der Waals surface area (Å²) in [5.74, 6) is 0.928. The molecule has 1 aliphatic carbocycles. The average Bonchev–Trinajstić information content (AvgIpc) is 2.32. The molecule has 88 valence electrons. The number of nitrogens with zero attached hydrogens (tertiary/aromatic N) is 1. The Hall–Kier alpha value is -1.41. The van der Waals surface area contributed by atoms with Crippen LogP contribution in [0.1, 0.15) is 24.8 Å². The van der Waals surface area contributed by atoms with E-state index in [9.17, 15) is 0 Å². The summed E-state index contributed by atoms with van der Waals surface area (Å²) < 4.78 is 0. The Kier molecular flexibility index (Phi) is 3.06. The van der Waals surface area contributed by atoms with Crippen molar-refractivity contribution >= 4 is 10.9 Å². The third-order valence-electron chi connectivity index (χ3n) is 3.65. The predicted octanol–water partition coefficient (Wildman–Crippen LogP) is 3.12. The van der Waals surface area contributed by atoms with Crippen molar-refractivity contribution < 1.29 is 0 Å². The van der Waals surface area contributed by atoms with Gasteiger partial charge in [-0.05, 0) is 49.1 Å². The molecule has 3 rings (SSSR count). The van der Waals surface area contributed by atoms with Gasteiger partial charge in [0.2, 0.25) is 0 Å². The summed E-state index contributed by atoms with van der Waals surface area (Å²) in [6.45, 7) is 2.15. The Morgan fingerprint density at radius 2 is 2.18 bits per heavy atom. The van der Waals surface area contributed by atoms with E-state index in [0.29, 0.717) is 0 Å². The van der Waals surface area contributed by atoms with Crippen LogP contribution in [0.5, 0.6) is 0 Å². The summed E-state index contributed by atoms with van der Waals surface area (Å²) >= 11 is 0. The third-order valence-corrected chi connectivity index (χ3v) is 3.65. The number of nitrogens with one attached hydrogen (secondary N) is 1. The molecule has 1 aliphatic rings. The van der Waals surface area contributed by atoms with Crippen LogP contribution >= 0.6 is 0 Å². The van der Waals surface area contributed by atoms with E-state index in [4.69, 9.17) is 0 Å². The van der Waals surface area contributed by atoms with E-state index in [1.165, 1.54) is 36.8 Å². The average molecular weight is 226 g/mol. The molecule has 1 aromatic heterocycles. The summed E-state index contributed by atoms with van der Waals surface area (Å²) in [5.41, 5.74) is 2.43. The lowest BCUT2D eigenvalue weighted by molar-refractivity contribution is 0.301. The van der Waals surface area contributed by atoms with Gasteiger partial charge in [-0.1, -0.05) is 18.6 Å². The van der Waals surface area contributed by atoms with Crippen LogP contribution in [0.4, 0.5) is 0 Å². The van der Waals surface area contributed by atoms with Crippen LogP contribution in [0, 0.1) is 5.92 Å². The van der Waals surface area contributed by atoms with Gasteiger partial charge >= 0.3 is 0 Å². The zero-order chi connectivity index (χ0) is 11.5. The Bertz CT molecular complexity index is 503. The minimum absolute atomic E-state index is 0.928. The number of hydrogen-bond donors (Lipinski definition) is 1. The maximum absolute atomic E-state index is 4.33. The first-order chi connectivity index (χ1) is 8.42. The van der Waals surface area contributed by atoms with E-state index >= 15 is 0 Å². The van der Waals surface area contributed by atoms with Crippen LogP contribution in [0.2, 0.25) is 0 Å². The fourth-order valence-corrected chi connectivity index (χ4v) is 2.35. The zero-order valence-electron chi connectivity index (χ0n) is 10.0. The van der Waals surface area contributed by atoms with Gasteiger partial charge in [-0.3, -0.25) is 4.98 Å². The van der Waals surface area contributed by atoms with Crippen LogP contribution in [0.25, 0.3) is 10.9 Å². The first kappa shape index (κ1) is 10.7. The quantitative estimate of drug-likeness (QED) is 0.866. The monoisotopic (exact) mass is 226 g/mol. The van der Waals surface area contributed by atoms with Gasteiger partial charge in [-0.25, -0.2) is 0 Å². The lowest BCUT2D eigenvalue weighted by Gasteiger charge is -2.25. The van der Waals surface area contributed by atoms with Crippen molar-refractivity contribution in [2.75, 3.05) is 6.54 Å². The zero-order valence-corrected chi connectivity index (χ0v) is 10.0. The number of fused-ring (bicyclic) bond motifs is 1. The van der Waals surface area contributed by atoms with E-state index < -0.39 is 0 Å². The minimum Gasteiger partial charge on any atom is -0.312 e. The second-order valence-electron chi connectivity index (χ2n) is 4.96. The molecule has 0 amide bonds. The molecule has 1 heterocycles. The van der Waals surface area contributed by atoms with Crippen LogP contribution in [-0.4, -0.2) is 11.5 Å². The summed E-state index contributed by atoms with van der Waals surface area (Å²) in [4.78, 5) is 4.33. The van der Waals surface area contributed by atoms with Crippen molar-refractivity contribution in [2.24, 2.45) is 5.92 Å². The number of benzene rings is 1. The van der Waals surface area contributed by atoms with Gasteiger partial charge in [-0.2, -0.15) is 0 Å². The maximum Gasteiger partial charge on any atom is 0.0702 e. The molecule has 0 bridgehead atoms. The van der Waals surface area contributed by atoms with Crippen molar-refractivity contribution in [3.8, 4) is 0 Å². The Balaban J connectivity index is 1.63. The normalized spacial score (nSPS) is 16.0. The van der Waals surface area contributed by atoms with Gasteiger partial charge in [0.05, 0.1) is 5.52 Å². The van der Waals surface area contributed by atoms with Gasteiger partial charge in [0, 0.05) is 18.1 Å². The van der Waals surface area contributed by atoms with E-state index in [2.05, 4.69) is 34.6 Å². The molecule has 1 fully saturated rings. The number of pyridine rings is 1. The topological polar surface area (TPSA) is 24.9 Å². The second kappa shape index (κ2) is 4.84. The Morgan fingerprint density at radius 1 is 1.24 bits per heavy atom. The third kappa shape index (κ3) is 2.47. The van der Waals surface area contributed by atoms with Crippen LogP contribution in [0.15, 0.2) is 36.5 Å². The molecule has 0 atom stereocenters. The van der Waals surface area contributed by atoms with Gasteiger partial charge in [-0.15, -0.1) is 0 Å². The van der Waals surface area contributed by atoms with Crippen molar-refractivity contribution in [1.29, 1.82) is 0 Å². The standard InChI is InChI=1S/C15H18N2/c1-3-12(4-1)10-16-11-13-6-7-15-14(9-13)5-2-8-17-15/h2,5-9,12,16H,1,3-4,10-11H2. The maximum atomic E-state index is 4.33. The molecule has 0 unspecified atom stereocenters. The SMILES string of the molecule is c1cnc2ccc(CNCC3CCC3)cc2c1. The van der Waals surface area contributed by atoms with Gasteiger partial charge < -0.3 is 5.32 Å². The molecule has 0 saturated heterocycles. The highest BCUT2D eigenvalue weighted by Gasteiger charge is 2.16. The number of aromatic nitrogens is 1. The first-order valence-electron chi connectivity index (χ1n) is 6.46. The highest BCUT2D eigenvalue weighted by Crippen LogP contribution is 2.25. The molecule has 1 N–H and O–H groups in total. The van der Waals surface area contributed by atoms with E-state index in [1.807, 2.05) is 12.3 Å². The molecular weight excluding hydrogens is 208 g/mol. The van der Waals surface area contributed by atoms with E-state index in [0.717, 1.165) is 18.0 Å². The lowest BCUT2D eigenvalue weighted by Crippen LogP contribution is -2.26. The van der Waals surface area contributed by atoms with Crippen molar-refractivity contribution in [2.45, 2.75) is 25.8 Å². The number of hydrogen-bond acceptors (Lipinski definition) is 2. The lowest BCUT2D eigenvalue weighted by atomic mass is 9.85. The molecule has 0 aliphatic heterocycles. The molecule has 0 spiro atoms. The Labute approximate surface area is 102 Å². The van der Waals surface area contributed by atoms with Gasteiger partial charge in [0.1, 0.15) is 0 Å². The largest absolute Gasteiger partial charge is 0.312 e. The number of rotatable bonds is 4. The smallest absolute Gasteiger partial charge is 0.0702 e. The predicted molar refractivity (Wildman–Crippen MR) is 70.8 cm³/mol. The minimum atomic E-state index is 0.928. The highest BCUT2D eigenvalue weighted by atomic mass is 14.9. The molecule has 1 saturated carbocycles. The van der Waals surface area contributed by atoms with Gasteiger partial charge in [0.25, 0.3) is 0 Å². The van der Waals surface area contributed by atoms with Crippen LogP contribution < -0.4 is 5.32 Å². The second-order valence-corrected chi connectivity index (χ2v) is 4.96. The highest BCUT2D eigenvalue weighted by molar-refractivity contribution is 5.78. The summed E-state index contributed by atoms with van der Waals surface area (Å²) in [5, 5.41) is 4.78. The van der Waals surface area contributed by atoms with Crippen molar-refractivity contribution in [1.82, 2.24) is 10.3 Å². The molecule has 17 heavy (non-hydrogen) atoms. The summed E-state index contributed by atoms with van der Waals surface area (Å²) in [7, 11) is 0. The van der Waals surface area contributed by atoms with Crippen molar-refractivity contribution in [3.63, 3.8) is 0 Å². The first-order valence-corrected chi connectivity index (χ1v) is 6.46. The van der Waals surface area contributed by atoms with E-state index in [-0.39, 0.29) is 0 Å². The summed E-state index contributed by atoms with van der Waals surface area (Å²) in [6.07, 6.45) is 6.09.